The fraction of sp³-hybridized carbons (Fsp3) is 0.154. The van der Waals surface area contributed by atoms with E-state index < -0.39 is 0 Å². The number of amides is 1. The predicted octanol–water partition coefficient (Wildman–Crippen LogP) is 1.71. The van der Waals surface area contributed by atoms with Gasteiger partial charge in [-0.25, -0.2) is 0 Å². The molecule has 0 spiro atoms. The van der Waals surface area contributed by atoms with Crippen molar-refractivity contribution in [3.05, 3.63) is 46.4 Å². The average Bonchev–Trinajstić information content (AvgIpc) is 2.96. The first-order chi connectivity index (χ1) is 9.29. The highest BCUT2D eigenvalue weighted by molar-refractivity contribution is 7.09. The van der Waals surface area contributed by atoms with Gasteiger partial charge in [-0.15, -0.1) is 11.3 Å². The molecule has 19 heavy (non-hydrogen) atoms. The van der Waals surface area contributed by atoms with Gasteiger partial charge >= 0.3 is 0 Å². The summed E-state index contributed by atoms with van der Waals surface area (Å²) in [5.74, 6) is 0.180. The van der Waals surface area contributed by atoms with Crippen molar-refractivity contribution in [2.45, 2.75) is 6.54 Å². The number of carbonyl (C=O) groups is 1. The quantitative estimate of drug-likeness (QED) is 0.899. The zero-order chi connectivity index (χ0) is 13.5. The molecule has 1 aromatic carbocycles. The molecule has 0 bridgehead atoms. The lowest BCUT2D eigenvalue weighted by Crippen LogP contribution is -2.28. The summed E-state index contributed by atoms with van der Waals surface area (Å²) in [7, 11) is 0. The van der Waals surface area contributed by atoms with Gasteiger partial charge in [0.2, 0.25) is 0 Å². The number of nitrogens with one attached hydrogen (secondary N) is 1. The molecule has 0 aliphatic carbocycles. The van der Waals surface area contributed by atoms with Crippen molar-refractivity contribution in [3.8, 4) is 11.8 Å². The molecule has 2 aromatic rings. The number of carbonyl (C=O) groups excluding carboxylic acids is 1. The largest absolute Gasteiger partial charge is 0.482 e. The summed E-state index contributed by atoms with van der Waals surface area (Å²) in [5, 5.41) is 11.6. The topological polar surface area (TPSA) is 75.0 Å². The molecule has 1 aromatic heterocycles. The number of aromatic nitrogens is 1. The molecule has 6 heteroatoms. The molecule has 0 saturated heterocycles. The van der Waals surface area contributed by atoms with Gasteiger partial charge in [-0.05, 0) is 12.1 Å². The summed E-state index contributed by atoms with van der Waals surface area (Å²) < 4.78 is 5.31. The Hall–Kier alpha value is -2.39. The Morgan fingerprint density at radius 2 is 2.32 bits per heavy atom. The van der Waals surface area contributed by atoms with E-state index in [0.717, 1.165) is 4.88 Å². The number of nitrogens with zero attached hydrogens (tertiary/aromatic N) is 2. The zero-order valence-electron chi connectivity index (χ0n) is 10.00. The molecule has 0 unspecified atom stereocenters. The lowest BCUT2D eigenvalue weighted by molar-refractivity contribution is -0.123. The number of para-hydroxylation sites is 1. The minimum atomic E-state index is -0.235. The van der Waals surface area contributed by atoms with Crippen molar-refractivity contribution in [2.24, 2.45) is 0 Å². The summed E-state index contributed by atoms with van der Waals surface area (Å²) in [6.07, 6.45) is 1.71. The first kappa shape index (κ1) is 13.1. The number of ether oxygens (including phenoxy) is 1. The smallest absolute Gasteiger partial charge is 0.258 e. The van der Waals surface area contributed by atoms with Gasteiger partial charge in [-0.3, -0.25) is 9.78 Å². The Morgan fingerprint density at radius 1 is 1.47 bits per heavy atom. The molecule has 0 saturated carbocycles. The normalized spacial score (nSPS) is 9.63. The zero-order valence-corrected chi connectivity index (χ0v) is 10.8. The summed E-state index contributed by atoms with van der Waals surface area (Å²) in [5.41, 5.74) is 2.12. The van der Waals surface area contributed by atoms with Gasteiger partial charge in [-0.1, -0.05) is 12.1 Å². The molecule has 0 fully saturated rings. The van der Waals surface area contributed by atoms with Crippen LogP contribution in [0.3, 0.4) is 0 Å². The van der Waals surface area contributed by atoms with Crippen molar-refractivity contribution in [3.63, 3.8) is 0 Å². The average molecular weight is 273 g/mol. The van der Waals surface area contributed by atoms with Gasteiger partial charge in [-0.2, -0.15) is 5.26 Å². The van der Waals surface area contributed by atoms with Gasteiger partial charge in [0.05, 0.1) is 17.6 Å². The first-order valence-electron chi connectivity index (χ1n) is 5.55. The van der Waals surface area contributed by atoms with Gasteiger partial charge in [0.15, 0.2) is 6.61 Å². The molecule has 5 nitrogen and oxygen atoms in total. The van der Waals surface area contributed by atoms with Crippen molar-refractivity contribution < 1.29 is 9.53 Å². The van der Waals surface area contributed by atoms with E-state index >= 15 is 0 Å². The molecule has 96 valence electrons. The van der Waals surface area contributed by atoms with Crippen LogP contribution in [-0.2, 0) is 11.3 Å². The Balaban J connectivity index is 1.82. The van der Waals surface area contributed by atoms with Gasteiger partial charge in [0.1, 0.15) is 11.8 Å². The van der Waals surface area contributed by atoms with Gasteiger partial charge in [0.25, 0.3) is 5.91 Å². The van der Waals surface area contributed by atoms with E-state index in [2.05, 4.69) is 10.3 Å². The minimum absolute atomic E-state index is 0.114. The summed E-state index contributed by atoms with van der Waals surface area (Å²) in [6, 6.07) is 8.82. The van der Waals surface area contributed by atoms with Crippen molar-refractivity contribution >= 4 is 17.2 Å². The Morgan fingerprint density at radius 3 is 3.05 bits per heavy atom. The summed E-state index contributed by atoms with van der Waals surface area (Å²) in [6.45, 7) is 0.324. The molecule has 0 atom stereocenters. The minimum Gasteiger partial charge on any atom is -0.482 e. The highest BCUT2D eigenvalue weighted by Gasteiger charge is 2.06. The molecule has 1 heterocycles. The molecule has 0 radical (unpaired) electrons. The van der Waals surface area contributed by atoms with Crippen LogP contribution in [0.2, 0.25) is 0 Å². The Bertz CT molecular complexity index is 590. The van der Waals surface area contributed by atoms with Crippen LogP contribution in [0.1, 0.15) is 10.4 Å². The Labute approximate surface area is 114 Å². The van der Waals surface area contributed by atoms with Gasteiger partial charge < -0.3 is 10.1 Å². The maximum absolute atomic E-state index is 11.6. The fourth-order valence-corrected chi connectivity index (χ4v) is 1.93. The van der Waals surface area contributed by atoms with Crippen LogP contribution in [0, 0.1) is 11.3 Å². The maximum atomic E-state index is 11.6. The lowest BCUT2D eigenvalue weighted by atomic mass is 10.2. The number of benzene rings is 1. The van der Waals surface area contributed by atoms with E-state index in [-0.39, 0.29) is 12.5 Å². The van der Waals surface area contributed by atoms with Crippen molar-refractivity contribution in [1.29, 1.82) is 5.26 Å². The van der Waals surface area contributed by atoms with E-state index in [9.17, 15) is 4.79 Å². The summed E-state index contributed by atoms with van der Waals surface area (Å²) >= 11 is 1.48. The molecule has 0 aliphatic rings. The highest BCUT2D eigenvalue weighted by atomic mass is 32.1. The third-order valence-corrected chi connectivity index (χ3v) is 3.09. The van der Waals surface area contributed by atoms with Crippen LogP contribution < -0.4 is 10.1 Å². The van der Waals surface area contributed by atoms with Gasteiger partial charge in [0, 0.05) is 11.1 Å². The van der Waals surface area contributed by atoms with Crippen LogP contribution in [0.15, 0.2) is 36.0 Å². The highest BCUT2D eigenvalue weighted by Crippen LogP contribution is 2.16. The van der Waals surface area contributed by atoms with Crippen LogP contribution in [-0.4, -0.2) is 17.5 Å². The van der Waals surface area contributed by atoms with E-state index in [1.54, 1.807) is 36.0 Å². The second-order valence-electron chi connectivity index (χ2n) is 3.64. The second-order valence-corrected chi connectivity index (χ2v) is 4.61. The molecular formula is C13H11N3O2S. The van der Waals surface area contributed by atoms with Crippen LogP contribution >= 0.6 is 11.3 Å². The van der Waals surface area contributed by atoms with Crippen LogP contribution in [0.25, 0.3) is 0 Å². The number of thiazole rings is 1. The standard InChI is InChI=1S/C13H11N3O2S/c14-5-10-3-1-2-4-12(10)18-8-13(17)16-7-11-6-15-9-19-11/h1-4,6,9H,7-8H2,(H,16,17). The number of hydrogen-bond acceptors (Lipinski definition) is 5. The van der Waals surface area contributed by atoms with Crippen molar-refractivity contribution in [2.75, 3.05) is 6.61 Å². The number of rotatable bonds is 5. The molecule has 1 amide bonds. The monoisotopic (exact) mass is 273 g/mol. The Kier molecular flexibility index (Phi) is 4.48. The number of hydrogen-bond donors (Lipinski definition) is 1. The molecular weight excluding hydrogens is 262 g/mol. The van der Waals surface area contributed by atoms with Crippen LogP contribution in [0.5, 0.6) is 5.75 Å². The maximum Gasteiger partial charge on any atom is 0.258 e. The van der Waals surface area contributed by atoms with Crippen LogP contribution in [0.4, 0.5) is 0 Å². The third-order valence-electron chi connectivity index (χ3n) is 2.31. The lowest BCUT2D eigenvalue weighted by Gasteiger charge is -2.07. The van der Waals surface area contributed by atoms with E-state index in [1.165, 1.54) is 11.3 Å². The van der Waals surface area contributed by atoms with Crippen molar-refractivity contribution in [1.82, 2.24) is 10.3 Å². The van der Waals surface area contributed by atoms with E-state index in [0.29, 0.717) is 17.9 Å². The molecule has 0 aliphatic heterocycles. The fourth-order valence-electron chi connectivity index (χ4n) is 1.39. The van der Waals surface area contributed by atoms with E-state index in [1.807, 2.05) is 6.07 Å². The second kappa shape index (κ2) is 6.52. The molecule has 2 rings (SSSR count). The SMILES string of the molecule is N#Cc1ccccc1OCC(=O)NCc1cncs1. The summed E-state index contributed by atoms with van der Waals surface area (Å²) in [4.78, 5) is 16.5. The predicted molar refractivity (Wildman–Crippen MR) is 70.6 cm³/mol. The third kappa shape index (κ3) is 3.79. The van der Waals surface area contributed by atoms with E-state index in [4.69, 9.17) is 10.00 Å². The number of nitriles is 1. The molecule has 1 N–H and O–H groups in total. The first-order valence-corrected chi connectivity index (χ1v) is 6.43.